The topological polar surface area (TPSA) is 56.7 Å². The molecule has 0 unspecified atom stereocenters. The third kappa shape index (κ3) is 3.95. The molecule has 0 aliphatic rings. The van der Waals surface area contributed by atoms with Gasteiger partial charge in [-0.3, -0.25) is 0 Å². The lowest BCUT2D eigenvalue weighted by Crippen LogP contribution is -2.09. The third-order valence-corrected chi connectivity index (χ3v) is 3.76. The van der Waals surface area contributed by atoms with Gasteiger partial charge in [-0.15, -0.1) is 10.2 Å². The van der Waals surface area contributed by atoms with Crippen molar-refractivity contribution in [3.05, 3.63) is 47.8 Å². The lowest BCUT2D eigenvalue weighted by molar-refractivity contribution is 0.592. The summed E-state index contributed by atoms with van der Waals surface area (Å²) >= 11 is 1.69. The van der Waals surface area contributed by atoms with Crippen LogP contribution in [0.15, 0.2) is 41.6 Å². The standard InChI is InChI=1S/C15H20N4S/c1-2-10-19-14(12-16)17-18-15(19)20-11-6-9-13-7-4-3-5-8-13/h3-9H,2,10-12,16H2,1H3. The van der Waals surface area contributed by atoms with Gasteiger partial charge in [0.2, 0.25) is 0 Å². The molecule has 5 heteroatoms. The number of benzene rings is 1. The number of rotatable bonds is 7. The zero-order valence-corrected chi connectivity index (χ0v) is 12.5. The van der Waals surface area contributed by atoms with E-state index in [1.165, 1.54) is 5.56 Å². The molecule has 0 spiro atoms. The lowest BCUT2D eigenvalue weighted by atomic mass is 10.2. The van der Waals surface area contributed by atoms with E-state index in [9.17, 15) is 0 Å². The monoisotopic (exact) mass is 288 g/mol. The summed E-state index contributed by atoms with van der Waals surface area (Å²) in [7, 11) is 0. The molecule has 4 nitrogen and oxygen atoms in total. The molecular weight excluding hydrogens is 268 g/mol. The van der Waals surface area contributed by atoms with Crippen LogP contribution in [0, 0.1) is 0 Å². The molecule has 0 aliphatic carbocycles. The summed E-state index contributed by atoms with van der Waals surface area (Å²) in [6, 6.07) is 10.3. The highest BCUT2D eigenvalue weighted by molar-refractivity contribution is 7.99. The average molecular weight is 288 g/mol. The average Bonchev–Trinajstić information content (AvgIpc) is 2.87. The second-order valence-corrected chi connectivity index (χ2v) is 5.37. The van der Waals surface area contributed by atoms with Gasteiger partial charge in [0.25, 0.3) is 0 Å². The normalized spacial score (nSPS) is 11.3. The Morgan fingerprint density at radius 3 is 2.75 bits per heavy atom. The van der Waals surface area contributed by atoms with Crippen LogP contribution in [0.5, 0.6) is 0 Å². The van der Waals surface area contributed by atoms with Crippen molar-refractivity contribution >= 4 is 17.8 Å². The van der Waals surface area contributed by atoms with Gasteiger partial charge in [0.15, 0.2) is 5.16 Å². The van der Waals surface area contributed by atoms with E-state index in [1.807, 2.05) is 18.2 Å². The van der Waals surface area contributed by atoms with Gasteiger partial charge in [0.05, 0.1) is 6.54 Å². The molecule has 0 fully saturated rings. The Morgan fingerprint density at radius 2 is 2.05 bits per heavy atom. The maximum atomic E-state index is 5.68. The van der Waals surface area contributed by atoms with E-state index in [0.717, 1.165) is 29.7 Å². The largest absolute Gasteiger partial charge is 0.324 e. The maximum Gasteiger partial charge on any atom is 0.191 e. The SMILES string of the molecule is CCCn1c(CN)nnc1SCC=Cc1ccccc1. The van der Waals surface area contributed by atoms with E-state index in [-0.39, 0.29) is 0 Å². The lowest BCUT2D eigenvalue weighted by Gasteiger charge is -2.06. The summed E-state index contributed by atoms with van der Waals surface area (Å²) in [6.45, 7) is 3.50. The van der Waals surface area contributed by atoms with E-state index in [1.54, 1.807) is 11.8 Å². The fourth-order valence-electron chi connectivity index (χ4n) is 1.90. The zero-order valence-electron chi connectivity index (χ0n) is 11.7. The Bertz CT molecular complexity index is 548. The van der Waals surface area contributed by atoms with Gasteiger partial charge in [-0.2, -0.15) is 0 Å². The van der Waals surface area contributed by atoms with Crippen LogP contribution in [0.25, 0.3) is 6.08 Å². The van der Waals surface area contributed by atoms with E-state index in [4.69, 9.17) is 5.73 Å². The molecule has 2 N–H and O–H groups in total. The summed E-state index contributed by atoms with van der Waals surface area (Å²) in [6.07, 6.45) is 5.32. The number of hydrogen-bond donors (Lipinski definition) is 1. The quantitative estimate of drug-likeness (QED) is 0.796. The predicted octanol–water partition coefficient (Wildman–Crippen LogP) is 2.95. The highest BCUT2D eigenvalue weighted by atomic mass is 32.2. The van der Waals surface area contributed by atoms with Gasteiger partial charge in [-0.05, 0) is 12.0 Å². The van der Waals surface area contributed by atoms with Crippen LogP contribution in [-0.4, -0.2) is 20.5 Å². The van der Waals surface area contributed by atoms with E-state index in [2.05, 4.69) is 46.0 Å². The first kappa shape index (κ1) is 14.8. The van der Waals surface area contributed by atoms with Crippen molar-refractivity contribution in [1.82, 2.24) is 14.8 Å². The molecule has 1 aromatic heterocycles. The van der Waals surface area contributed by atoms with Crippen molar-refractivity contribution in [1.29, 1.82) is 0 Å². The number of nitrogens with two attached hydrogens (primary N) is 1. The number of nitrogens with zero attached hydrogens (tertiary/aromatic N) is 3. The highest BCUT2D eigenvalue weighted by Crippen LogP contribution is 2.18. The first-order valence-electron chi connectivity index (χ1n) is 6.81. The molecule has 1 aromatic carbocycles. The molecule has 1 heterocycles. The Morgan fingerprint density at radius 1 is 1.25 bits per heavy atom. The van der Waals surface area contributed by atoms with Crippen molar-refractivity contribution in [2.75, 3.05) is 5.75 Å². The van der Waals surface area contributed by atoms with Crippen molar-refractivity contribution in [3.8, 4) is 0 Å². The second kappa shape index (κ2) is 7.87. The molecule has 0 bridgehead atoms. The predicted molar refractivity (Wildman–Crippen MR) is 84.4 cm³/mol. The molecule has 0 saturated heterocycles. The maximum absolute atomic E-state index is 5.68. The molecule has 20 heavy (non-hydrogen) atoms. The van der Waals surface area contributed by atoms with Crippen molar-refractivity contribution in [3.63, 3.8) is 0 Å². The van der Waals surface area contributed by atoms with Crippen LogP contribution in [0.3, 0.4) is 0 Å². The van der Waals surface area contributed by atoms with Gasteiger partial charge in [0.1, 0.15) is 5.82 Å². The minimum Gasteiger partial charge on any atom is -0.324 e. The summed E-state index contributed by atoms with van der Waals surface area (Å²) in [5, 5.41) is 9.29. The summed E-state index contributed by atoms with van der Waals surface area (Å²) in [5.74, 6) is 1.74. The second-order valence-electron chi connectivity index (χ2n) is 4.38. The molecule has 2 aromatic rings. The Hall–Kier alpha value is -1.59. The molecule has 0 amide bonds. The van der Waals surface area contributed by atoms with E-state index < -0.39 is 0 Å². The molecule has 0 radical (unpaired) electrons. The number of hydrogen-bond acceptors (Lipinski definition) is 4. The third-order valence-electron chi connectivity index (χ3n) is 2.84. The Balaban J connectivity index is 1.94. The zero-order chi connectivity index (χ0) is 14.2. The van der Waals surface area contributed by atoms with Gasteiger partial charge in [0, 0.05) is 12.3 Å². The Labute approximate surface area is 124 Å². The molecule has 0 atom stereocenters. The van der Waals surface area contributed by atoms with Gasteiger partial charge >= 0.3 is 0 Å². The van der Waals surface area contributed by atoms with E-state index >= 15 is 0 Å². The molecule has 2 rings (SSSR count). The minimum atomic E-state index is 0.438. The Kier molecular flexibility index (Phi) is 5.83. The van der Waals surface area contributed by atoms with Crippen LogP contribution in [0.1, 0.15) is 24.7 Å². The van der Waals surface area contributed by atoms with Crippen LogP contribution in [-0.2, 0) is 13.1 Å². The fourth-order valence-corrected chi connectivity index (χ4v) is 2.69. The first-order valence-corrected chi connectivity index (χ1v) is 7.80. The van der Waals surface area contributed by atoms with Crippen LogP contribution in [0.4, 0.5) is 0 Å². The van der Waals surface area contributed by atoms with Crippen LogP contribution >= 0.6 is 11.8 Å². The summed E-state index contributed by atoms with van der Waals surface area (Å²) in [4.78, 5) is 0. The number of aromatic nitrogens is 3. The van der Waals surface area contributed by atoms with Gasteiger partial charge < -0.3 is 10.3 Å². The summed E-state index contributed by atoms with van der Waals surface area (Å²) in [5.41, 5.74) is 6.89. The molecular formula is C15H20N4S. The first-order chi connectivity index (χ1) is 9.85. The van der Waals surface area contributed by atoms with Gasteiger partial charge in [-0.1, -0.05) is 61.2 Å². The summed E-state index contributed by atoms with van der Waals surface area (Å²) < 4.78 is 2.11. The van der Waals surface area contributed by atoms with Crippen LogP contribution in [0.2, 0.25) is 0 Å². The highest BCUT2D eigenvalue weighted by Gasteiger charge is 2.09. The smallest absolute Gasteiger partial charge is 0.191 e. The minimum absolute atomic E-state index is 0.438. The van der Waals surface area contributed by atoms with Crippen LogP contribution < -0.4 is 5.73 Å². The molecule has 0 saturated carbocycles. The molecule has 0 aliphatic heterocycles. The van der Waals surface area contributed by atoms with Gasteiger partial charge in [-0.25, -0.2) is 0 Å². The van der Waals surface area contributed by atoms with Crippen molar-refractivity contribution < 1.29 is 0 Å². The molecule has 106 valence electrons. The van der Waals surface area contributed by atoms with Crippen molar-refractivity contribution in [2.24, 2.45) is 5.73 Å². The van der Waals surface area contributed by atoms with Crippen molar-refractivity contribution in [2.45, 2.75) is 31.6 Å². The number of thioether (sulfide) groups is 1. The van der Waals surface area contributed by atoms with E-state index in [0.29, 0.717) is 6.54 Å². The fraction of sp³-hybridized carbons (Fsp3) is 0.333.